The van der Waals surface area contributed by atoms with E-state index in [1.165, 1.54) is 0 Å². The minimum absolute atomic E-state index is 0.423. The number of nitrogens with zero attached hydrogens (tertiary/aromatic N) is 2. The summed E-state index contributed by atoms with van der Waals surface area (Å²) in [6.45, 7) is 4.93. The number of hydrogen-bond donors (Lipinski definition) is 1. The molecular formula is C17H23N3O2. The molecular weight excluding hydrogens is 278 g/mol. The molecule has 0 amide bonds. The van der Waals surface area contributed by atoms with Gasteiger partial charge in [0, 0.05) is 5.56 Å². The summed E-state index contributed by atoms with van der Waals surface area (Å²) in [4.78, 5) is 4.51. The zero-order valence-electron chi connectivity index (χ0n) is 13.2. The van der Waals surface area contributed by atoms with Crippen LogP contribution in [0, 0.1) is 5.92 Å². The van der Waals surface area contributed by atoms with Crippen molar-refractivity contribution in [3.05, 3.63) is 30.1 Å². The average molecular weight is 301 g/mol. The van der Waals surface area contributed by atoms with E-state index in [1.54, 1.807) is 0 Å². The zero-order valence-corrected chi connectivity index (χ0v) is 13.2. The van der Waals surface area contributed by atoms with Gasteiger partial charge in [-0.2, -0.15) is 4.98 Å². The second-order valence-electron chi connectivity index (χ2n) is 6.52. The van der Waals surface area contributed by atoms with Gasteiger partial charge in [0.25, 0.3) is 5.89 Å². The molecule has 1 aliphatic carbocycles. The van der Waals surface area contributed by atoms with Gasteiger partial charge in [-0.15, -0.1) is 0 Å². The summed E-state index contributed by atoms with van der Waals surface area (Å²) >= 11 is 0. The standard InChI is InChI=1S/C17H23N3O2/c1-12(2)11-21-14-7-5-6-13(10-14)15-19-16(20-22-15)17(18)8-3-4-9-17/h5-7,10,12H,3-4,8-9,11,18H2,1-2H3. The molecule has 0 aliphatic heterocycles. The molecule has 1 aromatic carbocycles. The highest BCUT2D eigenvalue weighted by molar-refractivity contribution is 5.55. The fraction of sp³-hybridized carbons (Fsp3) is 0.529. The SMILES string of the molecule is CC(C)COc1cccc(-c2nc(C3(N)CCCC3)no2)c1. The summed E-state index contributed by atoms with van der Waals surface area (Å²) in [5.74, 6) is 2.42. The molecule has 118 valence electrons. The first-order valence-electron chi connectivity index (χ1n) is 7.93. The van der Waals surface area contributed by atoms with Gasteiger partial charge in [0.1, 0.15) is 5.75 Å². The molecule has 2 aromatic rings. The van der Waals surface area contributed by atoms with Crippen LogP contribution in [0.1, 0.15) is 45.4 Å². The van der Waals surface area contributed by atoms with Crippen molar-refractivity contribution < 1.29 is 9.26 Å². The molecule has 1 aromatic heterocycles. The second-order valence-corrected chi connectivity index (χ2v) is 6.52. The summed E-state index contributed by atoms with van der Waals surface area (Å²) < 4.78 is 11.2. The third-order valence-electron chi connectivity index (χ3n) is 4.03. The van der Waals surface area contributed by atoms with Crippen LogP contribution in [-0.4, -0.2) is 16.7 Å². The van der Waals surface area contributed by atoms with Gasteiger partial charge in [0.15, 0.2) is 5.82 Å². The lowest BCUT2D eigenvalue weighted by molar-refractivity contribution is 0.271. The zero-order chi connectivity index (χ0) is 15.6. The number of rotatable bonds is 5. The summed E-state index contributed by atoms with van der Waals surface area (Å²) in [5.41, 5.74) is 6.81. The fourth-order valence-electron chi connectivity index (χ4n) is 2.75. The maximum Gasteiger partial charge on any atom is 0.258 e. The van der Waals surface area contributed by atoms with Crippen LogP contribution in [0.4, 0.5) is 0 Å². The number of nitrogens with two attached hydrogens (primary N) is 1. The molecule has 0 bridgehead atoms. The molecule has 1 fully saturated rings. The lowest BCUT2D eigenvalue weighted by Crippen LogP contribution is -2.34. The highest BCUT2D eigenvalue weighted by Crippen LogP contribution is 2.35. The Hall–Kier alpha value is -1.88. The van der Waals surface area contributed by atoms with Crippen LogP contribution in [0.2, 0.25) is 0 Å². The summed E-state index contributed by atoms with van der Waals surface area (Å²) in [5, 5.41) is 4.10. The number of aromatic nitrogens is 2. The third kappa shape index (κ3) is 3.14. The van der Waals surface area contributed by atoms with E-state index < -0.39 is 5.54 Å². The number of benzene rings is 1. The van der Waals surface area contributed by atoms with Crippen molar-refractivity contribution in [2.45, 2.75) is 45.1 Å². The predicted molar refractivity (Wildman–Crippen MR) is 84.4 cm³/mol. The van der Waals surface area contributed by atoms with Crippen LogP contribution >= 0.6 is 0 Å². The van der Waals surface area contributed by atoms with Crippen molar-refractivity contribution in [1.82, 2.24) is 10.1 Å². The highest BCUT2D eigenvalue weighted by atomic mass is 16.5. The lowest BCUT2D eigenvalue weighted by Gasteiger charge is -2.17. The Morgan fingerprint density at radius 3 is 2.82 bits per heavy atom. The van der Waals surface area contributed by atoms with Crippen molar-refractivity contribution in [1.29, 1.82) is 0 Å². The number of ether oxygens (including phenoxy) is 1. The van der Waals surface area contributed by atoms with Crippen molar-refractivity contribution >= 4 is 0 Å². The first-order chi connectivity index (χ1) is 10.6. The fourth-order valence-corrected chi connectivity index (χ4v) is 2.75. The first-order valence-corrected chi connectivity index (χ1v) is 7.93. The Morgan fingerprint density at radius 1 is 1.32 bits per heavy atom. The maximum absolute atomic E-state index is 6.37. The van der Waals surface area contributed by atoms with Crippen molar-refractivity contribution in [3.8, 4) is 17.2 Å². The summed E-state index contributed by atoms with van der Waals surface area (Å²) in [6.07, 6.45) is 4.09. The molecule has 0 atom stereocenters. The van der Waals surface area contributed by atoms with Gasteiger partial charge < -0.3 is 15.0 Å². The minimum atomic E-state index is -0.423. The largest absolute Gasteiger partial charge is 0.493 e. The van der Waals surface area contributed by atoms with Gasteiger partial charge in [0.2, 0.25) is 0 Å². The van der Waals surface area contributed by atoms with Crippen LogP contribution in [0.5, 0.6) is 5.75 Å². The molecule has 1 saturated carbocycles. The van der Waals surface area contributed by atoms with Crippen LogP contribution < -0.4 is 10.5 Å². The molecule has 1 aliphatic rings. The van der Waals surface area contributed by atoms with Crippen LogP contribution in [0.3, 0.4) is 0 Å². The van der Waals surface area contributed by atoms with E-state index in [-0.39, 0.29) is 0 Å². The molecule has 3 rings (SSSR count). The van der Waals surface area contributed by atoms with E-state index >= 15 is 0 Å². The molecule has 0 spiro atoms. The summed E-state index contributed by atoms with van der Waals surface area (Å²) in [7, 11) is 0. The molecule has 5 heteroatoms. The molecule has 0 radical (unpaired) electrons. The Labute approximate surface area is 130 Å². The Morgan fingerprint density at radius 2 is 2.09 bits per heavy atom. The molecule has 2 N–H and O–H groups in total. The van der Waals surface area contributed by atoms with Crippen molar-refractivity contribution in [2.24, 2.45) is 11.7 Å². The van der Waals surface area contributed by atoms with E-state index in [4.69, 9.17) is 15.0 Å². The molecule has 0 saturated heterocycles. The molecule has 1 heterocycles. The van der Waals surface area contributed by atoms with Gasteiger partial charge >= 0.3 is 0 Å². The Bertz CT molecular complexity index is 630. The van der Waals surface area contributed by atoms with Crippen molar-refractivity contribution in [3.63, 3.8) is 0 Å². The van der Waals surface area contributed by atoms with Gasteiger partial charge in [-0.05, 0) is 37.0 Å². The third-order valence-corrected chi connectivity index (χ3v) is 4.03. The molecule has 22 heavy (non-hydrogen) atoms. The van der Waals surface area contributed by atoms with Crippen LogP contribution in [0.15, 0.2) is 28.8 Å². The molecule has 0 unspecified atom stereocenters. The normalized spacial score (nSPS) is 17.1. The smallest absolute Gasteiger partial charge is 0.258 e. The Balaban J connectivity index is 1.79. The van der Waals surface area contributed by atoms with Gasteiger partial charge in [-0.1, -0.05) is 37.9 Å². The van der Waals surface area contributed by atoms with E-state index in [2.05, 4.69) is 24.0 Å². The number of hydrogen-bond acceptors (Lipinski definition) is 5. The highest BCUT2D eigenvalue weighted by Gasteiger charge is 2.36. The minimum Gasteiger partial charge on any atom is -0.493 e. The van der Waals surface area contributed by atoms with E-state index in [0.29, 0.717) is 24.2 Å². The van der Waals surface area contributed by atoms with E-state index in [9.17, 15) is 0 Å². The van der Waals surface area contributed by atoms with Gasteiger partial charge in [-0.25, -0.2) is 0 Å². The Kier molecular flexibility index (Phi) is 4.16. The topological polar surface area (TPSA) is 74.2 Å². The monoisotopic (exact) mass is 301 g/mol. The van der Waals surface area contributed by atoms with E-state index in [1.807, 2.05) is 24.3 Å². The van der Waals surface area contributed by atoms with Crippen LogP contribution in [0.25, 0.3) is 11.5 Å². The average Bonchev–Trinajstić information content (AvgIpc) is 3.15. The van der Waals surface area contributed by atoms with Gasteiger partial charge in [0.05, 0.1) is 12.1 Å². The predicted octanol–water partition coefficient (Wildman–Crippen LogP) is 3.50. The van der Waals surface area contributed by atoms with Crippen molar-refractivity contribution in [2.75, 3.05) is 6.61 Å². The quantitative estimate of drug-likeness (QED) is 0.915. The molecule has 5 nitrogen and oxygen atoms in total. The first kappa shape index (κ1) is 15.0. The van der Waals surface area contributed by atoms with Crippen LogP contribution in [-0.2, 0) is 5.54 Å². The van der Waals surface area contributed by atoms with Gasteiger partial charge in [-0.3, -0.25) is 0 Å². The van der Waals surface area contributed by atoms with E-state index in [0.717, 1.165) is 37.0 Å². The maximum atomic E-state index is 6.37. The second kappa shape index (κ2) is 6.08. The lowest BCUT2D eigenvalue weighted by atomic mass is 9.99. The summed E-state index contributed by atoms with van der Waals surface area (Å²) in [6, 6.07) is 7.74.